The molecule has 1 saturated heterocycles. The third kappa shape index (κ3) is 3.73. The van der Waals surface area contributed by atoms with E-state index in [0.717, 1.165) is 44.3 Å². The van der Waals surface area contributed by atoms with Gasteiger partial charge >= 0.3 is 0 Å². The molecule has 1 amide bonds. The quantitative estimate of drug-likeness (QED) is 0.881. The second-order valence-electron chi connectivity index (χ2n) is 5.75. The minimum Gasteiger partial charge on any atom is -0.363 e. The van der Waals surface area contributed by atoms with Crippen LogP contribution in [-0.2, 0) is 6.42 Å². The minimum atomic E-state index is -0.685. The van der Waals surface area contributed by atoms with E-state index in [4.69, 9.17) is 10.3 Å². The number of benzene rings is 1. The highest BCUT2D eigenvalue weighted by atomic mass is 19.1. The number of aryl methyl sites for hydroxylation is 1. The zero-order valence-electron chi connectivity index (χ0n) is 12.7. The molecule has 0 aliphatic carbocycles. The van der Waals surface area contributed by atoms with Gasteiger partial charge in [0.1, 0.15) is 5.82 Å². The van der Waals surface area contributed by atoms with Gasteiger partial charge in [0.05, 0.1) is 6.04 Å². The van der Waals surface area contributed by atoms with Crippen LogP contribution in [0, 0.1) is 5.82 Å². The SMILES string of the molecule is NC(=O)c1noc([C@@H]2CCCN2CCCc2cccc(F)c2)n1. The van der Waals surface area contributed by atoms with Gasteiger partial charge in [0.15, 0.2) is 0 Å². The molecule has 23 heavy (non-hydrogen) atoms. The normalized spacial score (nSPS) is 18.4. The molecule has 2 aromatic rings. The van der Waals surface area contributed by atoms with Gasteiger partial charge in [0, 0.05) is 0 Å². The van der Waals surface area contributed by atoms with Gasteiger partial charge in [0.2, 0.25) is 5.89 Å². The number of hydrogen-bond acceptors (Lipinski definition) is 5. The Kier molecular flexibility index (Phi) is 4.66. The Morgan fingerprint density at radius 3 is 3.09 bits per heavy atom. The summed E-state index contributed by atoms with van der Waals surface area (Å²) in [6.45, 7) is 1.80. The maximum absolute atomic E-state index is 13.2. The molecule has 1 aliphatic rings. The van der Waals surface area contributed by atoms with Crippen LogP contribution in [0.5, 0.6) is 0 Å². The van der Waals surface area contributed by atoms with E-state index in [2.05, 4.69) is 15.0 Å². The number of aromatic nitrogens is 2. The molecule has 1 aromatic carbocycles. The van der Waals surface area contributed by atoms with Crippen molar-refractivity contribution in [2.75, 3.05) is 13.1 Å². The van der Waals surface area contributed by atoms with Gasteiger partial charge in [-0.15, -0.1) is 0 Å². The summed E-state index contributed by atoms with van der Waals surface area (Å²) < 4.78 is 18.3. The molecule has 0 unspecified atom stereocenters. The van der Waals surface area contributed by atoms with Crippen LogP contribution in [0.25, 0.3) is 0 Å². The Bertz CT molecular complexity index is 688. The minimum absolute atomic E-state index is 0.0307. The number of rotatable bonds is 6. The van der Waals surface area contributed by atoms with Crippen molar-refractivity contribution in [3.63, 3.8) is 0 Å². The van der Waals surface area contributed by atoms with E-state index in [9.17, 15) is 9.18 Å². The van der Waals surface area contributed by atoms with Gasteiger partial charge in [-0.05, 0) is 56.5 Å². The molecular formula is C16H19FN4O2. The van der Waals surface area contributed by atoms with E-state index in [1.54, 1.807) is 12.1 Å². The molecular weight excluding hydrogens is 299 g/mol. The van der Waals surface area contributed by atoms with Crippen LogP contribution >= 0.6 is 0 Å². The predicted octanol–water partition coefficient (Wildman–Crippen LogP) is 2.08. The number of nitrogens with two attached hydrogens (primary N) is 1. The van der Waals surface area contributed by atoms with Gasteiger partial charge in [-0.1, -0.05) is 17.3 Å². The van der Waals surface area contributed by atoms with E-state index in [1.807, 2.05) is 6.07 Å². The first-order valence-corrected chi connectivity index (χ1v) is 7.75. The number of nitrogens with zero attached hydrogens (tertiary/aromatic N) is 3. The van der Waals surface area contributed by atoms with E-state index < -0.39 is 5.91 Å². The molecule has 6 nitrogen and oxygen atoms in total. The fourth-order valence-electron chi connectivity index (χ4n) is 3.02. The molecule has 2 heterocycles. The van der Waals surface area contributed by atoms with Gasteiger partial charge in [-0.2, -0.15) is 4.98 Å². The van der Waals surface area contributed by atoms with E-state index in [0.29, 0.717) is 5.89 Å². The van der Waals surface area contributed by atoms with Crippen LogP contribution < -0.4 is 5.73 Å². The van der Waals surface area contributed by atoms with Crippen molar-refractivity contribution in [1.82, 2.24) is 15.0 Å². The maximum Gasteiger partial charge on any atom is 0.290 e. The zero-order chi connectivity index (χ0) is 16.2. The van der Waals surface area contributed by atoms with E-state index in [-0.39, 0.29) is 17.7 Å². The summed E-state index contributed by atoms with van der Waals surface area (Å²) in [5, 5.41) is 3.60. The molecule has 1 aromatic heterocycles. The van der Waals surface area contributed by atoms with Crippen molar-refractivity contribution in [1.29, 1.82) is 0 Å². The second-order valence-corrected chi connectivity index (χ2v) is 5.75. The Morgan fingerprint density at radius 2 is 2.35 bits per heavy atom. The molecule has 3 rings (SSSR count). The summed E-state index contributed by atoms with van der Waals surface area (Å²) in [5.41, 5.74) is 6.14. The number of likely N-dealkylation sites (tertiary alicyclic amines) is 1. The van der Waals surface area contributed by atoms with Crippen LogP contribution in [0.15, 0.2) is 28.8 Å². The molecule has 122 valence electrons. The highest BCUT2D eigenvalue weighted by Crippen LogP contribution is 2.30. The summed E-state index contributed by atoms with van der Waals surface area (Å²) >= 11 is 0. The van der Waals surface area contributed by atoms with Gasteiger partial charge < -0.3 is 10.3 Å². The lowest BCUT2D eigenvalue weighted by Gasteiger charge is -2.21. The average molecular weight is 318 g/mol. The van der Waals surface area contributed by atoms with Crippen molar-refractivity contribution >= 4 is 5.91 Å². The van der Waals surface area contributed by atoms with Gasteiger partial charge in [0.25, 0.3) is 11.7 Å². The molecule has 0 bridgehead atoms. The molecule has 0 spiro atoms. The fraction of sp³-hybridized carbons (Fsp3) is 0.438. The summed E-state index contributed by atoms with van der Waals surface area (Å²) in [6, 6.07) is 6.71. The largest absolute Gasteiger partial charge is 0.363 e. The summed E-state index contributed by atoms with van der Waals surface area (Å²) in [5.74, 6) is -0.518. The van der Waals surface area contributed by atoms with Crippen LogP contribution in [0.3, 0.4) is 0 Å². The zero-order valence-corrected chi connectivity index (χ0v) is 12.7. The smallest absolute Gasteiger partial charge is 0.290 e. The summed E-state index contributed by atoms with van der Waals surface area (Å²) in [7, 11) is 0. The lowest BCUT2D eigenvalue weighted by atomic mass is 10.1. The number of carbonyl (C=O) groups excluding carboxylic acids is 1. The topological polar surface area (TPSA) is 85.2 Å². The fourth-order valence-corrected chi connectivity index (χ4v) is 3.02. The molecule has 7 heteroatoms. The number of amides is 1. The monoisotopic (exact) mass is 318 g/mol. The van der Waals surface area contributed by atoms with Crippen molar-refractivity contribution in [3.05, 3.63) is 47.4 Å². The van der Waals surface area contributed by atoms with Crippen molar-refractivity contribution in [3.8, 4) is 0 Å². The standard InChI is InChI=1S/C16H19FN4O2/c17-12-6-1-4-11(10-12)5-2-8-21-9-3-7-13(21)16-19-15(14(18)22)20-23-16/h1,4,6,10,13H,2-3,5,7-9H2,(H2,18,22)/t13-/m0/s1. The molecule has 2 N–H and O–H groups in total. The molecule has 1 atom stereocenters. The first-order chi connectivity index (χ1) is 11.1. The van der Waals surface area contributed by atoms with Gasteiger partial charge in [-0.3, -0.25) is 9.69 Å². The Labute approximate surface area is 133 Å². The number of primary amides is 1. The average Bonchev–Trinajstić information content (AvgIpc) is 3.15. The number of halogens is 1. The van der Waals surface area contributed by atoms with Crippen LogP contribution in [-0.4, -0.2) is 34.0 Å². The third-order valence-electron chi connectivity index (χ3n) is 4.11. The second kappa shape index (κ2) is 6.87. The first-order valence-electron chi connectivity index (χ1n) is 7.75. The highest BCUT2D eigenvalue weighted by molar-refractivity contribution is 5.88. The van der Waals surface area contributed by atoms with E-state index >= 15 is 0 Å². The molecule has 0 saturated carbocycles. The lowest BCUT2D eigenvalue weighted by Crippen LogP contribution is -2.25. The lowest BCUT2D eigenvalue weighted by molar-refractivity contribution is 0.0987. The van der Waals surface area contributed by atoms with Crippen LogP contribution in [0.2, 0.25) is 0 Å². The van der Waals surface area contributed by atoms with Crippen molar-refractivity contribution < 1.29 is 13.7 Å². The van der Waals surface area contributed by atoms with Gasteiger partial charge in [-0.25, -0.2) is 4.39 Å². The first kappa shape index (κ1) is 15.6. The maximum atomic E-state index is 13.2. The highest BCUT2D eigenvalue weighted by Gasteiger charge is 2.30. The van der Waals surface area contributed by atoms with E-state index in [1.165, 1.54) is 6.07 Å². The Hall–Kier alpha value is -2.28. The molecule has 0 radical (unpaired) electrons. The van der Waals surface area contributed by atoms with Crippen LogP contribution in [0.1, 0.15) is 47.4 Å². The molecule has 1 aliphatic heterocycles. The summed E-state index contributed by atoms with van der Waals surface area (Å²) in [6.07, 6.45) is 3.69. The predicted molar refractivity (Wildman–Crippen MR) is 81.1 cm³/mol. The van der Waals surface area contributed by atoms with Crippen molar-refractivity contribution in [2.45, 2.75) is 31.7 Å². The Balaban J connectivity index is 1.57. The third-order valence-corrected chi connectivity index (χ3v) is 4.11. The van der Waals surface area contributed by atoms with Crippen LogP contribution in [0.4, 0.5) is 4.39 Å². The Morgan fingerprint density at radius 1 is 1.48 bits per heavy atom. The number of carbonyl (C=O) groups is 1. The number of hydrogen-bond donors (Lipinski definition) is 1. The summed E-state index contributed by atoms with van der Waals surface area (Å²) in [4.78, 5) is 17.4. The van der Waals surface area contributed by atoms with Crippen molar-refractivity contribution in [2.24, 2.45) is 5.73 Å². The molecule has 1 fully saturated rings.